The van der Waals surface area contributed by atoms with Crippen molar-refractivity contribution in [1.82, 2.24) is 10.3 Å². The number of nitrogens with two attached hydrogens (primary N) is 1. The Balaban J connectivity index is 2.58. The number of dihydropyridines is 1. The molecule has 0 bridgehead atoms. The molecule has 21 heavy (non-hydrogen) atoms. The summed E-state index contributed by atoms with van der Waals surface area (Å²) < 4.78 is 5.11. The van der Waals surface area contributed by atoms with Gasteiger partial charge in [-0.25, -0.2) is 4.79 Å². The van der Waals surface area contributed by atoms with Gasteiger partial charge in [0.05, 0.1) is 29.7 Å². The van der Waals surface area contributed by atoms with E-state index in [0.29, 0.717) is 16.8 Å². The highest BCUT2D eigenvalue weighted by Crippen LogP contribution is 2.36. The van der Waals surface area contributed by atoms with Gasteiger partial charge in [0.25, 0.3) is 0 Å². The van der Waals surface area contributed by atoms with Gasteiger partial charge in [0.1, 0.15) is 5.82 Å². The number of ether oxygens (including phenoxy) is 1. The molecule has 0 saturated heterocycles. The number of carbonyl (C=O) groups is 1. The molecule has 0 aliphatic carbocycles. The second-order valence-electron chi connectivity index (χ2n) is 4.54. The lowest BCUT2D eigenvalue weighted by Gasteiger charge is -2.27. The van der Waals surface area contributed by atoms with Crippen molar-refractivity contribution in [1.29, 1.82) is 5.26 Å². The van der Waals surface area contributed by atoms with Gasteiger partial charge in [-0.3, -0.25) is 4.98 Å². The van der Waals surface area contributed by atoms with Gasteiger partial charge >= 0.3 is 5.97 Å². The molecule has 1 atom stereocenters. The number of aromatic nitrogens is 1. The molecule has 3 N–H and O–H groups in total. The molecule has 1 aromatic rings. The zero-order valence-corrected chi connectivity index (χ0v) is 11.9. The monoisotopic (exact) mass is 284 g/mol. The topological polar surface area (TPSA) is 101 Å². The number of hydrogen-bond donors (Lipinski definition) is 2. The lowest BCUT2D eigenvalue weighted by molar-refractivity contribution is -0.138. The molecule has 2 heterocycles. The minimum atomic E-state index is -0.543. The number of esters is 1. The largest absolute Gasteiger partial charge is 0.463 e. The number of rotatable bonds is 3. The first-order valence-electron chi connectivity index (χ1n) is 6.54. The van der Waals surface area contributed by atoms with Gasteiger partial charge < -0.3 is 15.8 Å². The Labute approximate surface area is 122 Å². The van der Waals surface area contributed by atoms with Gasteiger partial charge in [-0.15, -0.1) is 0 Å². The summed E-state index contributed by atoms with van der Waals surface area (Å²) in [4.78, 5) is 16.2. The molecule has 0 aromatic carbocycles. The molecule has 6 nitrogen and oxygen atoms in total. The van der Waals surface area contributed by atoms with Crippen molar-refractivity contribution in [2.75, 3.05) is 6.61 Å². The molecule has 1 aromatic heterocycles. The molecule has 1 aliphatic heterocycles. The summed E-state index contributed by atoms with van der Waals surface area (Å²) in [7, 11) is 0. The highest BCUT2D eigenvalue weighted by atomic mass is 16.5. The van der Waals surface area contributed by atoms with E-state index in [1.54, 1.807) is 38.4 Å². The van der Waals surface area contributed by atoms with Gasteiger partial charge in [-0.2, -0.15) is 5.26 Å². The highest BCUT2D eigenvalue weighted by molar-refractivity contribution is 5.93. The van der Waals surface area contributed by atoms with Crippen LogP contribution in [0, 0.1) is 11.3 Å². The Morgan fingerprint density at radius 1 is 1.52 bits per heavy atom. The summed E-state index contributed by atoms with van der Waals surface area (Å²) in [6, 6.07) is 5.59. The van der Waals surface area contributed by atoms with Crippen molar-refractivity contribution in [3.8, 4) is 6.07 Å². The smallest absolute Gasteiger partial charge is 0.336 e. The standard InChI is InChI=1S/C15H16N4O2/c1-3-21-15(20)12-9(2)19-14(17)11(8-16)13(12)10-4-6-18-7-5-10/h4-7,13,19H,3,17H2,1-2H3. The van der Waals surface area contributed by atoms with Crippen molar-refractivity contribution < 1.29 is 9.53 Å². The fourth-order valence-corrected chi connectivity index (χ4v) is 2.35. The number of pyridine rings is 1. The van der Waals surface area contributed by atoms with Crippen LogP contribution in [0.2, 0.25) is 0 Å². The first-order valence-corrected chi connectivity index (χ1v) is 6.54. The summed E-state index contributed by atoms with van der Waals surface area (Å²) in [5.41, 5.74) is 7.95. The predicted octanol–water partition coefficient (Wildman–Crippen LogP) is 1.30. The van der Waals surface area contributed by atoms with Gasteiger partial charge in [-0.1, -0.05) is 0 Å². The SMILES string of the molecule is CCOC(=O)C1=C(C)NC(N)=C(C#N)C1c1ccncc1. The number of nitrogens with zero attached hydrogens (tertiary/aromatic N) is 2. The van der Waals surface area contributed by atoms with Crippen LogP contribution in [0.5, 0.6) is 0 Å². The van der Waals surface area contributed by atoms with Crippen molar-refractivity contribution >= 4 is 5.97 Å². The fourth-order valence-electron chi connectivity index (χ4n) is 2.35. The summed E-state index contributed by atoms with van der Waals surface area (Å²) in [6.07, 6.45) is 3.22. The van der Waals surface area contributed by atoms with Crippen LogP contribution in [0.25, 0.3) is 0 Å². The molecule has 0 amide bonds. The normalized spacial score (nSPS) is 18.0. The number of nitriles is 1. The minimum Gasteiger partial charge on any atom is -0.463 e. The molecule has 2 rings (SSSR count). The quantitative estimate of drug-likeness (QED) is 0.811. The lowest BCUT2D eigenvalue weighted by atomic mass is 9.82. The van der Waals surface area contributed by atoms with Crippen molar-refractivity contribution in [3.63, 3.8) is 0 Å². The molecule has 0 saturated carbocycles. The molecule has 0 fully saturated rings. The predicted molar refractivity (Wildman–Crippen MR) is 76.3 cm³/mol. The molecular formula is C15H16N4O2. The minimum absolute atomic E-state index is 0.255. The van der Waals surface area contributed by atoms with E-state index in [4.69, 9.17) is 10.5 Å². The zero-order chi connectivity index (χ0) is 15.4. The highest BCUT2D eigenvalue weighted by Gasteiger charge is 2.34. The van der Waals surface area contributed by atoms with E-state index in [9.17, 15) is 10.1 Å². The Kier molecular flexibility index (Phi) is 4.24. The Morgan fingerprint density at radius 3 is 2.76 bits per heavy atom. The van der Waals surface area contributed by atoms with Crippen LogP contribution in [0.15, 0.2) is 47.2 Å². The van der Waals surface area contributed by atoms with Crippen LogP contribution in [0.1, 0.15) is 25.3 Å². The van der Waals surface area contributed by atoms with Crippen LogP contribution in [0.3, 0.4) is 0 Å². The van der Waals surface area contributed by atoms with Crippen LogP contribution in [-0.4, -0.2) is 17.6 Å². The van der Waals surface area contributed by atoms with Gasteiger partial charge in [0, 0.05) is 18.1 Å². The summed E-state index contributed by atoms with van der Waals surface area (Å²) in [5.74, 6) is -0.743. The first-order chi connectivity index (χ1) is 10.1. The number of allylic oxidation sites excluding steroid dienone is 2. The average Bonchev–Trinajstić information content (AvgIpc) is 2.47. The van der Waals surface area contributed by atoms with Crippen LogP contribution in [-0.2, 0) is 9.53 Å². The molecular weight excluding hydrogens is 268 g/mol. The third kappa shape index (κ3) is 2.72. The molecule has 0 radical (unpaired) electrons. The number of nitrogens with one attached hydrogen (secondary N) is 1. The average molecular weight is 284 g/mol. The van der Waals surface area contributed by atoms with Crippen LogP contribution in [0.4, 0.5) is 0 Å². The van der Waals surface area contributed by atoms with E-state index >= 15 is 0 Å². The molecule has 1 aliphatic rings. The summed E-state index contributed by atoms with van der Waals surface area (Å²) >= 11 is 0. The molecule has 108 valence electrons. The second-order valence-corrected chi connectivity index (χ2v) is 4.54. The third-order valence-electron chi connectivity index (χ3n) is 3.25. The maximum atomic E-state index is 12.3. The number of carbonyl (C=O) groups excluding carboxylic acids is 1. The van der Waals surface area contributed by atoms with E-state index in [1.807, 2.05) is 0 Å². The van der Waals surface area contributed by atoms with E-state index < -0.39 is 11.9 Å². The fraction of sp³-hybridized carbons (Fsp3) is 0.267. The van der Waals surface area contributed by atoms with Crippen molar-refractivity contribution in [2.24, 2.45) is 5.73 Å². The van der Waals surface area contributed by atoms with Gasteiger partial charge in [0.2, 0.25) is 0 Å². The van der Waals surface area contributed by atoms with Crippen molar-refractivity contribution in [2.45, 2.75) is 19.8 Å². The summed E-state index contributed by atoms with van der Waals surface area (Å²) in [6.45, 7) is 3.74. The molecule has 0 spiro atoms. The zero-order valence-electron chi connectivity index (χ0n) is 11.9. The molecule has 1 unspecified atom stereocenters. The Hall–Kier alpha value is -2.81. The van der Waals surface area contributed by atoms with Crippen LogP contribution < -0.4 is 11.1 Å². The lowest BCUT2D eigenvalue weighted by Crippen LogP contribution is -2.32. The van der Waals surface area contributed by atoms with E-state index in [2.05, 4.69) is 16.4 Å². The Morgan fingerprint density at radius 2 is 2.19 bits per heavy atom. The maximum absolute atomic E-state index is 12.3. The molecule has 6 heteroatoms. The van der Waals surface area contributed by atoms with Crippen molar-refractivity contribution in [3.05, 3.63) is 52.8 Å². The first kappa shape index (κ1) is 14.6. The Bertz CT molecular complexity index is 656. The summed E-state index contributed by atoms with van der Waals surface area (Å²) in [5, 5.41) is 12.3. The van der Waals surface area contributed by atoms with E-state index in [1.165, 1.54) is 0 Å². The maximum Gasteiger partial charge on any atom is 0.336 e. The van der Waals surface area contributed by atoms with Crippen LogP contribution >= 0.6 is 0 Å². The second kappa shape index (κ2) is 6.09. The van der Waals surface area contributed by atoms with E-state index in [-0.39, 0.29) is 12.4 Å². The van der Waals surface area contributed by atoms with E-state index in [0.717, 1.165) is 5.56 Å². The van der Waals surface area contributed by atoms with Gasteiger partial charge in [-0.05, 0) is 31.5 Å². The van der Waals surface area contributed by atoms with Gasteiger partial charge in [0.15, 0.2) is 0 Å². The third-order valence-corrected chi connectivity index (χ3v) is 3.25. The number of hydrogen-bond acceptors (Lipinski definition) is 6.